The number of hydrogen-bond acceptors (Lipinski definition) is 4. The maximum atomic E-state index is 12.3. The highest BCUT2D eigenvalue weighted by Gasteiger charge is 2.19. The molecule has 0 N–H and O–H groups in total. The van der Waals surface area contributed by atoms with E-state index in [0.717, 1.165) is 10.7 Å². The Morgan fingerprint density at radius 3 is 2.57 bits per heavy atom. The van der Waals surface area contributed by atoms with E-state index in [2.05, 4.69) is 44.8 Å². The van der Waals surface area contributed by atoms with Gasteiger partial charge in [-0.25, -0.2) is 4.98 Å². The number of likely N-dealkylation sites (N-methyl/N-ethyl adjacent to an activating group) is 1. The highest BCUT2D eigenvalue weighted by molar-refractivity contribution is 7.11. The molecule has 0 saturated heterocycles. The minimum atomic E-state index is 0.0480. The predicted molar refractivity (Wildman–Crippen MR) is 90.0 cm³/mol. The summed E-state index contributed by atoms with van der Waals surface area (Å²) in [6, 6.07) is 4.18. The lowest BCUT2D eigenvalue weighted by Crippen LogP contribution is -2.27. The molecule has 2 aromatic rings. The van der Waals surface area contributed by atoms with Crippen molar-refractivity contribution in [3.63, 3.8) is 0 Å². The van der Waals surface area contributed by atoms with Gasteiger partial charge in [-0.15, -0.1) is 22.7 Å². The number of carbonyl (C=O) groups is 1. The molecule has 2 aromatic heterocycles. The molecule has 5 heteroatoms. The summed E-state index contributed by atoms with van der Waals surface area (Å²) >= 11 is 3.38. The molecule has 21 heavy (non-hydrogen) atoms. The van der Waals surface area contributed by atoms with Gasteiger partial charge in [0.2, 0.25) is 5.91 Å². The van der Waals surface area contributed by atoms with E-state index in [1.807, 2.05) is 12.4 Å². The molecule has 0 fully saturated rings. The van der Waals surface area contributed by atoms with E-state index >= 15 is 0 Å². The van der Waals surface area contributed by atoms with E-state index in [-0.39, 0.29) is 11.3 Å². The summed E-state index contributed by atoms with van der Waals surface area (Å²) in [5.74, 6) is 0.117. The number of aromatic nitrogens is 1. The first-order valence-corrected chi connectivity index (χ1v) is 8.69. The topological polar surface area (TPSA) is 33.2 Å². The van der Waals surface area contributed by atoms with Crippen molar-refractivity contribution >= 4 is 28.6 Å². The first kappa shape index (κ1) is 16.2. The Kier molecular flexibility index (Phi) is 4.84. The Morgan fingerprint density at radius 1 is 1.33 bits per heavy atom. The molecule has 0 radical (unpaired) electrons. The van der Waals surface area contributed by atoms with Gasteiger partial charge in [-0.05, 0) is 19.1 Å². The van der Waals surface area contributed by atoms with Gasteiger partial charge >= 0.3 is 0 Å². The average molecular weight is 322 g/mol. The largest absolute Gasteiger partial charge is 0.340 e. The fourth-order valence-electron chi connectivity index (χ4n) is 1.91. The van der Waals surface area contributed by atoms with E-state index in [1.165, 1.54) is 9.75 Å². The molecule has 1 amide bonds. The van der Waals surface area contributed by atoms with Crippen molar-refractivity contribution in [2.45, 2.75) is 46.1 Å². The van der Waals surface area contributed by atoms with Gasteiger partial charge in [0.15, 0.2) is 0 Å². The monoisotopic (exact) mass is 322 g/mol. The zero-order valence-electron chi connectivity index (χ0n) is 13.3. The molecule has 0 aliphatic carbocycles. The maximum absolute atomic E-state index is 12.3. The molecule has 0 aliphatic rings. The fourth-order valence-corrected chi connectivity index (χ4v) is 3.77. The Hall–Kier alpha value is -1.20. The highest BCUT2D eigenvalue weighted by Crippen LogP contribution is 2.26. The SMILES string of the molecule is Cc1ccc(CN(C)C(=O)Cc2csc(C(C)(C)C)n2)s1. The average Bonchev–Trinajstić information content (AvgIpc) is 2.98. The predicted octanol–water partition coefficient (Wildman–Crippen LogP) is 4.01. The van der Waals surface area contributed by atoms with E-state index in [1.54, 1.807) is 27.6 Å². The second-order valence-electron chi connectivity index (χ2n) is 6.33. The van der Waals surface area contributed by atoms with Crippen LogP contribution in [0.2, 0.25) is 0 Å². The standard InChI is InChI=1S/C16H22N2OS2/c1-11-6-7-13(21-11)9-18(5)14(19)8-12-10-20-15(17-12)16(2,3)4/h6-7,10H,8-9H2,1-5H3. The van der Waals surface area contributed by atoms with Gasteiger partial charge in [0.1, 0.15) is 0 Å². The Balaban J connectivity index is 1.96. The lowest BCUT2D eigenvalue weighted by Gasteiger charge is -2.16. The summed E-state index contributed by atoms with van der Waals surface area (Å²) in [7, 11) is 1.86. The molecule has 2 heterocycles. The molecular weight excluding hydrogens is 300 g/mol. The Labute approximate surface area is 134 Å². The summed E-state index contributed by atoms with van der Waals surface area (Å²) in [5, 5.41) is 3.09. The van der Waals surface area contributed by atoms with Gasteiger partial charge in [0.05, 0.1) is 23.7 Å². The second-order valence-corrected chi connectivity index (χ2v) is 8.56. The fraction of sp³-hybridized carbons (Fsp3) is 0.500. The van der Waals surface area contributed by atoms with Crippen LogP contribution in [0.4, 0.5) is 0 Å². The molecule has 0 spiro atoms. The van der Waals surface area contributed by atoms with E-state index in [0.29, 0.717) is 13.0 Å². The summed E-state index contributed by atoms with van der Waals surface area (Å²) in [5.41, 5.74) is 0.927. The minimum absolute atomic E-state index is 0.0480. The van der Waals surface area contributed by atoms with Gasteiger partial charge in [0.25, 0.3) is 0 Å². The Morgan fingerprint density at radius 2 is 2.05 bits per heavy atom. The van der Waals surface area contributed by atoms with Crippen LogP contribution in [0.25, 0.3) is 0 Å². The molecule has 0 bridgehead atoms. The second kappa shape index (κ2) is 6.28. The molecule has 0 atom stereocenters. The lowest BCUT2D eigenvalue weighted by atomic mass is 9.98. The smallest absolute Gasteiger partial charge is 0.228 e. The number of rotatable bonds is 4. The van der Waals surface area contributed by atoms with Crippen molar-refractivity contribution in [2.75, 3.05) is 7.05 Å². The summed E-state index contributed by atoms with van der Waals surface area (Å²) in [4.78, 5) is 21.1. The summed E-state index contributed by atoms with van der Waals surface area (Å²) < 4.78 is 0. The molecule has 0 aliphatic heterocycles. The molecule has 114 valence electrons. The van der Waals surface area contributed by atoms with Gasteiger partial charge in [0, 0.05) is 27.6 Å². The molecule has 0 saturated carbocycles. The van der Waals surface area contributed by atoms with Gasteiger partial charge < -0.3 is 4.90 Å². The number of thiophene rings is 1. The van der Waals surface area contributed by atoms with Crippen LogP contribution < -0.4 is 0 Å². The Bertz CT molecular complexity index is 622. The minimum Gasteiger partial charge on any atom is -0.340 e. The van der Waals surface area contributed by atoms with E-state index < -0.39 is 0 Å². The zero-order chi connectivity index (χ0) is 15.6. The third kappa shape index (κ3) is 4.38. The third-order valence-corrected chi connectivity index (χ3v) is 5.44. The van der Waals surface area contributed by atoms with Crippen LogP contribution >= 0.6 is 22.7 Å². The van der Waals surface area contributed by atoms with E-state index in [4.69, 9.17) is 0 Å². The quantitative estimate of drug-likeness (QED) is 0.852. The number of thiazole rings is 1. The maximum Gasteiger partial charge on any atom is 0.228 e. The summed E-state index contributed by atoms with van der Waals surface area (Å²) in [6.07, 6.45) is 0.382. The molecular formula is C16H22N2OS2. The van der Waals surface area contributed by atoms with Crippen LogP contribution in [0.15, 0.2) is 17.5 Å². The molecule has 0 aromatic carbocycles. The van der Waals surface area contributed by atoms with Crippen molar-refractivity contribution in [2.24, 2.45) is 0 Å². The first-order valence-electron chi connectivity index (χ1n) is 7.00. The van der Waals surface area contributed by atoms with E-state index in [9.17, 15) is 4.79 Å². The van der Waals surface area contributed by atoms with Crippen LogP contribution in [-0.2, 0) is 23.2 Å². The molecule has 0 unspecified atom stereocenters. The van der Waals surface area contributed by atoms with Crippen LogP contribution in [-0.4, -0.2) is 22.8 Å². The van der Waals surface area contributed by atoms with Gasteiger partial charge in [-0.2, -0.15) is 0 Å². The summed E-state index contributed by atoms with van der Waals surface area (Å²) in [6.45, 7) is 9.18. The van der Waals surface area contributed by atoms with Crippen molar-refractivity contribution in [1.82, 2.24) is 9.88 Å². The number of aryl methyl sites for hydroxylation is 1. The molecule has 3 nitrogen and oxygen atoms in total. The number of nitrogens with zero attached hydrogens (tertiary/aromatic N) is 2. The van der Waals surface area contributed by atoms with Gasteiger partial charge in [-0.3, -0.25) is 4.79 Å². The van der Waals surface area contributed by atoms with Crippen molar-refractivity contribution < 1.29 is 4.79 Å². The third-order valence-electron chi connectivity index (χ3n) is 3.14. The van der Waals surface area contributed by atoms with Gasteiger partial charge in [-0.1, -0.05) is 20.8 Å². The van der Waals surface area contributed by atoms with Crippen molar-refractivity contribution in [1.29, 1.82) is 0 Å². The van der Waals surface area contributed by atoms with Crippen LogP contribution in [0.1, 0.15) is 41.2 Å². The van der Waals surface area contributed by atoms with Crippen LogP contribution in [0.5, 0.6) is 0 Å². The zero-order valence-corrected chi connectivity index (χ0v) is 14.9. The molecule has 2 rings (SSSR count). The van der Waals surface area contributed by atoms with Crippen LogP contribution in [0, 0.1) is 6.92 Å². The highest BCUT2D eigenvalue weighted by atomic mass is 32.1. The van der Waals surface area contributed by atoms with Crippen LogP contribution in [0.3, 0.4) is 0 Å². The lowest BCUT2D eigenvalue weighted by molar-refractivity contribution is -0.129. The number of carbonyl (C=O) groups excluding carboxylic acids is 1. The van der Waals surface area contributed by atoms with Crippen molar-refractivity contribution in [3.05, 3.63) is 38.0 Å². The normalized spacial score (nSPS) is 11.7. The van der Waals surface area contributed by atoms with Crippen molar-refractivity contribution in [3.8, 4) is 0 Å². The first-order chi connectivity index (χ1) is 9.75. The number of hydrogen-bond donors (Lipinski definition) is 0. The number of amides is 1.